The smallest absolute Gasteiger partial charge is 0.337 e. The fraction of sp³-hybridized carbons (Fsp3) is 0.333. The van der Waals surface area contributed by atoms with Gasteiger partial charge < -0.3 is 15.4 Å². The molecule has 0 spiro atoms. The topological polar surface area (TPSA) is 102 Å². The Bertz CT molecular complexity index is 1010. The van der Waals surface area contributed by atoms with E-state index < -0.39 is 5.97 Å². The third-order valence-electron chi connectivity index (χ3n) is 4.11. The van der Waals surface area contributed by atoms with Crippen LogP contribution in [0.15, 0.2) is 39.4 Å². The minimum atomic E-state index is -0.476. The number of aromatic nitrogens is 2. The van der Waals surface area contributed by atoms with Crippen molar-refractivity contribution in [1.29, 1.82) is 0 Å². The maximum absolute atomic E-state index is 12.6. The summed E-state index contributed by atoms with van der Waals surface area (Å²) in [4.78, 5) is 40.9. The van der Waals surface area contributed by atoms with Crippen LogP contribution in [0.2, 0.25) is 0 Å². The fourth-order valence-corrected chi connectivity index (χ4v) is 3.66. The molecule has 0 fully saturated rings. The van der Waals surface area contributed by atoms with Crippen molar-refractivity contribution in [3.05, 3.63) is 45.4 Å². The van der Waals surface area contributed by atoms with Crippen molar-refractivity contribution < 1.29 is 14.3 Å². The van der Waals surface area contributed by atoms with Gasteiger partial charge in [0.1, 0.15) is 0 Å². The molecule has 9 heteroatoms. The summed E-state index contributed by atoms with van der Waals surface area (Å²) in [6, 6.07) is 5.14. The number of esters is 1. The number of thioether (sulfide) groups is 1. The average Bonchev–Trinajstić information content (AvgIpc) is 2.64. The number of hydrogen-bond acceptors (Lipinski definition) is 6. The molecule has 0 atom stereocenters. The van der Waals surface area contributed by atoms with Gasteiger partial charge in [-0.1, -0.05) is 23.4 Å². The third-order valence-corrected chi connectivity index (χ3v) is 5.17. The number of ether oxygens (including phenoxy) is 1. The van der Waals surface area contributed by atoms with Crippen LogP contribution >= 0.6 is 11.8 Å². The Labute approximate surface area is 160 Å². The lowest BCUT2D eigenvalue weighted by atomic mass is 10.2. The average molecular weight is 388 g/mol. The summed E-state index contributed by atoms with van der Waals surface area (Å²) < 4.78 is 6.51. The van der Waals surface area contributed by atoms with Crippen molar-refractivity contribution in [3.8, 4) is 0 Å². The zero-order chi connectivity index (χ0) is 19.6. The van der Waals surface area contributed by atoms with Gasteiger partial charge in [0, 0.05) is 18.5 Å². The maximum Gasteiger partial charge on any atom is 0.337 e. The molecule has 0 saturated heterocycles. The Morgan fingerprint density at radius 3 is 2.89 bits per heavy atom. The summed E-state index contributed by atoms with van der Waals surface area (Å²) in [7, 11) is 1.65. The first-order chi connectivity index (χ1) is 12.9. The maximum atomic E-state index is 12.6. The Morgan fingerprint density at radius 2 is 2.15 bits per heavy atom. The Hall–Kier alpha value is -2.81. The van der Waals surface area contributed by atoms with Crippen molar-refractivity contribution in [2.45, 2.75) is 19.0 Å². The molecule has 3 rings (SSSR count). The molecule has 2 aromatic rings. The molecule has 0 aliphatic carbocycles. The number of hydrogen-bond donors (Lipinski definition) is 2. The number of urea groups is 1. The summed E-state index contributed by atoms with van der Waals surface area (Å²) in [6.07, 6.45) is 0. The largest absolute Gasteiger partial charge is 0.463 e. The van der Waals surface area contributed by atoms with E-state index in [9.17, 15) is 14.4 Å². The van der Waals surface area contributed by atoms with E-state index in [4.69, 9.17) is 4.74 Å². The molecule has 0 unspecified atom stereocenters. The number of aryl methyl sites for hydroxylation is 1. The standard InChI is InChI=1S/C18H20N4O4S/c1-4-26-16(24)12-8-19-17(25)20-14(12)9-27-18-21-13-6-5-10(2)7-11(13)15(23)22(18)3/h5-7H,4,8-9H2,1-3H3,(H2,19,20,25). The monoisotopic (exact) mass is 388 g/mol. The minimum absolute atomic E-state index is 0.101. The van der Waals surface area contributed by atoms with Crippen LogP contribution in [0.4, 0.5) is 4.79 Å². The molecule has 1 aliphatic heterocycles. The molecule has 2 N–H and O–H groups in total. The second-order valence-electron chi connectivity index (χ2n) is 6.05. The van der Waals surface area contributed by atoms with Crippen LogP contribution in [-0.2, 0) is 16.6 Å². The fourth-order valence-electron chi connectivity index (χ4n) is 2.70. The van der Waals surface area contributed by atoms with E-state index in [2.05, 4.69) is 15.6 Å². The van der Waals surface area contributed by atoms with E-state index in [0.29, 0.717) is 27.3 Å². The second-order valence-corrected chi connectivity index (χ2v) is 7.00. The van der Waals surface area contributed by atoms with Crippen molar-refractivity contribution in [2.75, 3.05) is 18.9 Å². The zero-order valence-corrected chi connectivity index (χ0v) is 16.1. The number of rotatable bonds is 5. The molecular formula is C18H20N4O4S. The minimum Gasteiger partial charge on any atom is -0.463 e. The lowest BCUT2D eigenvalue weighted by Gasteiger charge is -2.21. The summed E-state index contributed by atoms with van der Waals surface area (Å²) in [5.41, 5.74) is 2.29. The van der Waals surface area contributed by atoms with Gasteiger partial charge in [0.2, 0.25) is 0 Å². The summed E-state index contributed by atoms with van der Waals surface area (Å²) in [5, 5.41) is 6.27. The Balaban J connectivity index is 1.91. The van der Waals surface area contributed by atoms with E-state index in [-0.39, 0.29) is 30.5 Å². The lowest BCUT2D eigenvalue weighted by molar-refractivity contribution is -0.138. The predicted molar refractivity (Wildman–Crippen MR) is 103 cm³/mol. The second kappa shape index (κ2) is 7.83. The van der Waals surface area contributed by atoms with Gasteiger partial charge >= 0.3 is 12.0 Å². The Morgan fingerprint density at radius 1 is 1.37 bits per heavy atom. The Kier molecular flexibility index (Phi) is 5.50. The van der Waals surface area contributed by atoms with Crippen LogP contribution in [0.1, 0.15) is 12.5 Å². The highest BCUT2D eigenvalue weighted by atomic mass is 32.2. The van der Waals surface area contributed by atoms with Gasteiger partial charge in [0.25, 0.3) is 5.56 Å². The number of nitrogens with one attached hydrogen (secondary N) is 2. The van der Waals surface area contributed by atoms with Gasteiger partial charge in [-0.05, 0) is 26.0 Å². The summed E-state index contributed by atoms with van der Waals surface area (Å²) in [6.45, 7) is 3.99. The van der Waals surface area contributed by atoms with E-state index >= 15 is 0 Å². The first-order valence-electron chi connectivity index (χ1n) is 8.45. The number of carbonyl (C=O) groups excluding carboxylic acids is 2. The van der Waals surface area contributed by atoms with Gasteiger partial charge in [-0.2, -0.15) is 0 Å². The van der Waals surface area contributed by atoms with Gasteiger partial charge in [-0.25, -0.2) is 14.6 Å². The number of nitrogens with zero attached hydrogens (tertiary/aromatic N) is 2. The van der Waals surface area contributed by atoms with Crippen LogP contribution in [0, 0.1) is 6.92 Å². The van der Waals surface area contributed by atoms with E-state index in [1.807, 2.05) is 25.1 Å². The van der Waals surface area contributed by atoms with Gasteiger partial charge in [0.15, 0.2) is 5.16 Å². The van der Waals surface area contributed by atoms with Crippen molar-refractivity contribution in [1.82, 2.24) is 20.2 Å². The molecule has 27 heavy (non-hydrogen) atoms. The van der Waals surface area contributed by atoms with E-state index in [1.165, 1.54) is 16.3 Å². The predicted octanol–water partition coefficient (Wildman–Crippen LogP) is 1.46. The first kappa shape index (κ1) is 19.0. The zero-order valence-electron chi connectivity index (χ0n) is 15.3. The molecule has 0 saturated carbocycles. The van der Waals surface area contributed by atoms with Crippen LogP contribution < -0.4 is 16.2 Å². The van der Waals surface area contributed by atoms with Gasteiger partial charge in [-0.15, -0.1) is 0 Å². The number of benzene rings is 1. The number of amides is 2. The highest BCUT2D eigenvalue weighted by Gasteiger charge is 2.24. The highest BCUT2D eigenvalue weighted by molar-refractivity contribution is 7.99. The van der Waals surface area contributed by atoms with Crippen LogP contribution in [-0.4, -0.2) is 40.5 Å². The molecular weight excluding hydrogens is 368 g/mol. The molecule has 0 bridgehead atoms. The van der Waals surface area contributed by atoms with Crippen LogP contribution in [0.5, 0.6) is 0 Å². The molecule has 1 aromatic heterocycles. The first-order valence-corrected chi connectivity index (χ1v) is 9.43. The molecule has 142 valence electrons. The van der Waals surface area contributed by atoms with Crippen LogP contribution in [0.3, 0.4) is 0 Å². The molecule has 2 amide bonds. The number of fused-ring (bicyclic) bond motifs is 1. The van der Waals surface area contributed by atoms with Crippen molar-refractivity contribution in [3.63, 3.8) is 0 Å². The molecule has 1 aromatic carbocycles. The van der Waals surface area contributed by atoms with E-state index in [1.54, 1.807) is 14.0 Å². The van der Waals surface area contributed by atoms with Crippen molar-refractivity contribution >= 4 is 34.7 Å². The molecule has 2 heterocycles. The third kappa shape index (κ3) is 3.97. The van der Waals surface area contributed by atoms with Crippen molar-refractivity contribution in [2.24, 2.45) is 7.05 Å². The molecule has 8 nitrogen and oxygen atoms in total. The highest BCUT2D eigenvalue weighted by Crippen LogP contribution is 2.21. The number of carbonyl (C=O) groups is 2. The molecule has 0 radical (unpaired) electrons. The summed E-state index contributed by atoms with van der Waals surface area (Å²) >= 11 is 1.27. The lowest BCUT2D eigenvalue weighted by Crippen LogP contribution is -2.44. The SMILES string of the molecule is CCOC(=O)C1=C(CSc2nc3ccc(C)cc3c(=O)n2C)NC(=O)NC1. The quantitative estimate of drug-likeness (QED) is 0.457. The van der Waals surface area contributed by atoms with Gasteiger partial charge in [-0.3, -0.25) is 9.36 Å². The normalized spacial score (nSPS) is 14.1. The van der Waals surface area contributed by atoms with Gasteiger partial charge in [0.05, 0.1) is 29.6 Å². The van der Waals surface area contributed by atoms with Crippen LogP contribution in [0.25, 0.3) is 10.9 Å². The van der Waals surface area contributed by atoms with E-state index in [0.717, 1.165) is 5.56 Å². The molecule has 1 aliphatic rings. The summed E-state index contributed by atoms with van der Waals surface area (Å²) in [5.74, 6) is -0.199.